The highest BCUT2D eigenvalue weighted by atomic mass is 32.1. The predicted molar refractivity (Wildman–Crippen MR) is 161 cm³/mol. The van der Waals surface area contributed by atoms with Crippen LogP contribution in [0.2, 0.25) is 0 Å². The molecule has 1 N–H and O–H groups in total. The van der Waals surface area contributed by atoms with Gasteiger partial charge in [0.25, 0.3) is 5.56 Å². The fourth-order valence-electron chi connectivity index (χ4n) is 4.83. The van der Waals surface area contributed by atoms with E-state index in [2.05, 4.69) is 39.4 Å². The van der Waals surface area contributed by atoms with Crippen LogP contribution in [0.5, 0.6) is 5.75 Å². The highest BCUT2D eigenvalue weighted by Gasteiger charge is 2.26. The molecule has 1 fully saturated rings. The van der Waals surface area contributed by atoms with E-state index in [0.29, 0.717) is 23.3 Å². The van der Waals surface area contributed by atoms with Crippen molar-refractivity contribution in [2.24, 2.45) is 5.92 Å². The number of benzene rings is 2. The van der Waals surface area contributed by atoms with Gasteiger partial charge in [0.2, 0.25) is 0 Å². The Kier molecular flexibility index (Phi) is 9.13. The quantitative estimate of drug-likeness (QED) is 0.175. The third-order valence-electron chi connectivity index (χ3n) is 6.91. The molecule has 1 aliphatic rings. The van der Waals surface area contributed by atoms with Crippen molar-refractivity contribution in [3.05, 3.63) is 70.3 Å². The lowest BCUT2D eigenvalue weighted by molar-refractivity contribution is 0.127. The maximum absolute atomic E-state index is 12.5. The molecule has 2 aromatic carbocycles. The van der Waals surface area contributed by atoms with Gasteiger partial charge in [-0.3, -0.25) is 19.1 Å². The second-order valence-electron chi connectivity index (χ2n) is 10.4. The zero-order chi connectivity index (χ0) is 28.1. The van der Waals surface area contributed by atoms with E-state index in [0.717, 1.165) is 50.3 Å². The highest BCUT2D eigenvalue weighted by Crippen LogP contribution is 2.40. The van der Waals surface area contributed by atoms with Gasteiger partial charge in [-0.25, -0.2) is 4.57 Å². The number of pyridine rings is 1. The lowest BCUT2D eigenvalue weighted by Crippen LogP contribution is -2.46. The fourth-order valence-corrected chi connectivity index (χ4v) is 6.54. The molecule has 2 aromatic heterocycles. The van der Waals surface area contributed by atoms with Crippen molar-refractivity contribution in [1.82, 2.24) is 9.63 Å². The maximum atomic E-state index is 12.5. The Hall–Kier alpha value is -2.88. The van der Waals surface area contributed by atoms with Gasteiger partial charge >= 0.3 is 7.82 Å². The second-order valence-corrected chi connectivity index (χ2v) is 12.7. The molecule has 1 aliphatic heterocycles. The van der Waals surface area contributed by atoms with Gasteiger partial charge in [0.15, 0.2) is 0 Å². The summed E-state index contributed by atoms with van der Waals surface area (Å²) in [6.45, 7) is 9.40. The van der Waals surface area contributed by atoms with E-state index in [1.807, 2.05) is 19.9 Å². The van der Waals surface area contributed by atoms with E-state index in [9.17, 15) is 14.3 Å². The number of hydrogen-bond acceptors (Lipinski definition) is 8. The normalized spacial score (nSPS) is 16.1. The van der Waals surface area contributed by atoms with Crippen LogP contribution in [0.15, 0.2) is 64.8 Å². The third-order valence-corrected chi connectivity index (χ3v) is 8.63. The molecule has 0 spiro atoms. The number of aromatic nitrogens is 1. The smallest absolute Gasteiger partial charge is 0.494 e. The third kappa shape index (κ3) is 7.06. The molecule has 5 rings (SSSR count). The van der Waals surface area contributed by atoms with Gasteiger partial charge < -0.3 is 14.3 Å². The van der Waals surface area contributed by atoms with Crippen LogP contribution < -0.4 is 19.8 Å². The molecule has 0 amide bonds. The Labute approximate surface area is 238 Å². The summed E-state index contributed by atoms with van der Waals surface area (Å²) in [4.78, 5) is 27.6. The first-order valence-corrected chi connectivity index (χ1v) is 16.1. The molecule has 3 heterocycles. The highest BCUT2D eigenvalue weighted by molar-refractivity contribution is 7.47. The van der Waals surface area contributed by atoms with Crippen LogP contribution in [0.4, 0.5) is 5.69 Å². The molecule has 0 radical (unpaired) electrons. The van der Waals surface area contributed by atoms with Gasteiger partial charge in [-0.1, -0.05) is 19.9 Å². The van der Waals surface area contributed by atoms with Gasteiger partial charge in [0, 0.05) is 59.5 Å². The van der Waals surface area contributed by atoms with Crippen molar-refractivity contribution < 1.29 is 23.3 Å². The average molecular weight is 586 g/mol. The Morgan fingerprint density at radius 2 is 1.82 bits per heavy atom. The van der Waals surface area contributed by atoms with Crippen molar-refractivity contribution in [2.75, 3.05) is 50.8 Å². The lowest BCUT2D eigenvalue weighted by atomic mass is 10.2. The van der Waals surface area contributed by atoms with Crippen molar-refractivity contribution in [1.29, 1.82) is 0 Å². The van der Waals surface area contributed by atoms with Crippen LogP contribution in [0.1, 0.15) is 26.7 Å². The zero-order valence-electron chi connectivity index (χ0n) is 22.9. The number of phosphoric ester groups is 1. The number of unbranched alkanes of at least 4 members (excludes halogenated alkanes) is 1. The summed E-state index contributed by atoms with van der Waals surface area (Å²) in [5, 5.41) is 4.18. The van der Waals surface area contributed by atoms with Gasteiger partial charge in [0.05, 0.1) is 18.7 Å². The number of fused-ring (bicyclic) bond motifs is 2. The van der Waals surface area contributed by atoms with E-state index in [1.165, 1.54) is 21.8 Å². The monoisotopic (exact) mass is 585 g/mol. The van der Waals surface area contributed by atoms with E-state index < -0.39 is 13.4 Å². The van der Waals surface area contributed by atoms with Crippen molar-refractivity contribution in [2.45, 2.75) is 26.7 Å². The Morgan fingerprint density at radius 3 is 2.62 bits per heavy atom. The number of thiophene rings is 1. The molecule has 0 bridgehead atoms. The van der Waals surface area contributed by atoms with Crippen LogP contribution >= 0.6 is 19.2 Å². The van der Waals surface area contributed by atoms with Gasteiger partial charge in [-0.2, -0.15) is 0 Å². The predicted octanol–water partition coefficient (Wildman–Crippen LogP) is 5.40. The van der Waals surface area contributed by atoms with Crippen LogP contribution in [-0.2, 0) is 9.09 Å². The van der Waals surface area contributed by atoms with E-state index in [-0.39, 0.29) is 12.5 Å². The fraction of sp³-hybridized carbons (Fsp3) is 0.414. The first-order valence-electron chi connectivity index (χ1n) is 13.7. The van der Waals surface area contributed by atoms with Gasteiger partial charge in [0.1, 0.15) is 5.75 Å². The molecule has 0 saturated carbocycles. The lowest BCUT2D eigenvalue weighted by Gasteiger charge is -2.36. The summed E-state index contributed by atoms with van der Waals surface area (Å²) < 4.78 is 30.6. The van der Waals surface area contributed by atoms with Crippen molar-refractivity contribution in [3.8, 4) is 5.75 Å². The molecule has 4 aromatic rings. The molecular weight excluding hydrogens is 549 g/mol. The standard InChI is InChI=1S/C29H36N3O6PS/c1-22(2)21-37-39(34,35)38-32-27-20-24(10-8-23(27)9-11-29(32)33)36-18-4-3-13-30-14-16-31(17-15-30)26-6-5-7-28-25(26)12-19-40-28/h5-12,19-20,22H,3-4,13-18,21H2,1-2H3,(H,34,35). The summed E-state index contributed by atoms with van der Waals surface area (Å²) in [5.74, 6) is 0.590. The molecule has 1 atom stereocenters. The van der Waals surface area contributed by atoms with E-state index in [4.69, 9.17) is 13.9 Å². The summed E-state index contributed by atoms with van der Waals surface area (Å²) in [7, 11) is -4.47. The minimum Gasteiger partial charge on any atom is -0.494 e. The summed E-state index contributed by atoms with van der Waals surface area (Å²) >= 11 is 1.79. The molecule has 1 unspecified atom stereocenters. The second kappa shape index (κ2) is 12.7. The Bertz CT molecular complexity index is 1550. The summed E-state index contributed by atoms with van der Waals surface area (Å²) in [6, 6.07) is 17.0. The molecule has 1 saturated heterocycles. The largest absolute Gasteiger partial charge is 0.546 e. The molecule has 0 aliphatic carbocycles. The number of anilines is 1. The SMILES string of the molecule is CC(C)COP(=O)(O)On1c(=O)ccc2ccc(OCCCCN3CCN(c4cccc5sccc45)CC3)cc21. The summed E-state index contributed by atoms with van der Waals surface area (Å²) in [6.07, 6.45) is 1.90. The topological polar surface area (TPSA) is 93.5 Å². The van der Waals surface area contributed by atoms with Crippen LogP contribution in [0, 0.1) is 5.92 Å². The molecule has 214 valence electrons. The minimum absolute atomic E-state index is 0.0307. The average Bonchev–Trinajstić information content (AvgIpc) is 3.43. The number of hydrogen-bond donors (Lipinski definition) is 1. The Balaban J connectivity index is 1.10. The molecule has 9 nitrogen and oxygen atoms in total. The van der Waals surface area contributed by atoms with Gasteiger partial charge in [-0.15, -0.1) is 16.1 Å². The van der Waals surface area contributed by atoms with E-state index in [1.54, 1.807) is 29.5 Å². The van der Waals surface area contributed by atoms with E-state index >= 15 is 0 Å². The van der Waals surface area contributed by atoms with Crippen molar-refractivity contribution >= 4 is 45.8 Å². The maximum Gasteiger partial charge on any atom is 0.546 e. The zero-order valence-corrected chi connectivity index (χ0v) is 24.6. The number of ether oxygens (including phenoxy) is 1. The molecule has 11 heteroatoms. The van der Waals surface area contributed by atoms with Crippen molar-refractivity contribution in [3.63, 3.8) is 0 Å². The molecular formula is C29H36N3O6PS. The van der Waals surface area contributed by atoms with Crippen LogP contribution in [-0.4, -0.2) is 60.5 Å². The first kappa shape index (κ1) is 28.6. The number of rotatable bonds is 12. The number of phosphoric acid groups is 1. The van der Waals surface area contributed by atoms with Gasteiger partial charge in [-0.05, 0) is 67.1 Å². The minimum atomic E-state index is -4.47. The summed E-state index contributed by atoms with van der Waals surface area (Å²) in [5.41, 5.74) is 1.10. The van der Waals surface area contributed by atoms with Crippen LogP contribution in [0.3, 0.4) is 0 Å². The first-order chi connectivity index (χ1) is 19.3. The number of nitrogens with zero attached hydrogens (tertiary/aromatic N) is 3. The number of piperazine rings is 1. The Morgan fingerprint density at radius 1 is 1.02 bits per heavy atom. The molecule has 40 heavy (non-hydrogen) atoms. The van der Waals surface area contributed by atoms with Crippen LogP contribution in [0.25, 0.3) is 21.0 Å².